The molecule has 0 radical (unpaired) electrons. The fourth-order valence-corrected chi connectivity index (χ4v) is 2.85. The Morgan fingerprint density at radius 1 is 1.14 bits per heavy atom. The van der Waals surface area contributed by atoms with E-state index in [1.54, 1.807) is 0 Å². The summed E-state index contributed by atoms with van der Waals surface area (Å²) < 4.78 is 5.41. The predicted octanol–water partition coefficient (Wildman–Crippen LogP) is 3.32. The molecule has 0 heterocycles. The number of anilines is 1. The van der Waals surface area contributed by atoms with Gasteiger partial charge >= 0.3 is 0 Å². The highest BCUT2D eigenvalue weighted by atomic mass is 16.5. The summed E-state index contributed by atoms with van der Waals surface area (Å²) in [6, 6.07) is 7.46. The number of ether oxygens (including phenoxy) is 1. The minimum atomic E-state index is 0.123. The molecule has 0 bridgehead atoms. The number of carbonyl (C=O) groups excluding carboxylic acids is 1. The maximum Gasteiger partial charge on any atom is 0.224 e. The van der Waals surface area contributed by atoms with Gasteiger partial charge in [0.1, 0.15) is 12.4 Å². The van der Waals surface area contributed by atoms with Gasteiger partial charge < -0.3 is 15.8 Å². The fraction of sp³-hybridized carbons (Fsp3) is 0.588. The first-order valence-electron chi connectivity index (χ1n) is 8.00. The van der Waals surface area contributed by atoms with E-state index in [0.29, 0.717) is 25.5 Å². The third-order valence-electron chi connectivity index (χ3n) is 3.97. The van der Waals surface area contributed by atoms with Crippen LogP contribution in [0.2, 0.25) is 0 Å². The van der Waals surface area contributed by atoms with Crippen LogP contribution in [-0.2, 0) is 4.79 Å². The van der Waals surface area contributed by atoms with Crippen molar-refractivity contribution in [2.75, 3.05) is 18.5 Å². The Hall–Kier alpha value is -1.55. The number of nitrogens with two attached hydrogens (primary N) is 1. The van der Waals surface area contributed by atoms with Crippen molar-refractivity contribution in [2.24, 2.45) is 11.7 Å². The lowest BCUT2D eigenvalue weighted by Crippen LogP contribution is -2.16. The quantitative estimate of drug-likeness (QED) is 0.790. The van der Waals surface area contributed by atoms with Gasteiger partial charge in [-0.25, -0.2) is 0 Å². The molecule has 0 aliphatic heterocycles. The van der Waals surface area contributed by atoms with E-state index >= 15 is 0 Å². The maximum absolute atomic E-state index is 12.1. The molecule has 1 aliphatic carbocycles. The number of rotatable bonds is 6. The normalized spacial score (nSPS) is 16.2. The molecule has 1 fully saturated rings. The van der Waals surface area contributed by atoms with Crippen molar-refractivity contribution in [3.63, 3.8) is 0 Å². The van der Waals surface area contributed by atoms with Crippen LogP contribution in [0.4, 0.5) is 5.69 Å². The summed E-state index contributed by atoms with van der Waals surface area (Å²) in [5.74, 6) is 1.46. The molecule has 0 spiro atoms. The second-order valence-electron chi connectivity index (χ2n) is 5.77. The summed E-state index contributed by atoms with van der Waals surface area (Å²) >= 11 is 0. The molecule has 0 saturated heterocycles. The summed E-state index contributed by atoms with van der Waals surface area (Å²) in [4.78, 5) is 12.1. The number of nitrogens with one attached hydrogen (secondary N) is 1. The fourth-order valence-electron chi connectivity index (χ4n) is 2.85. The van der Waals surface area contributed by atoms with Crippen LogP contribution in [0.25, 0.3) is 0 Å². The maximum atomic E-state index is 12.1. The first kappa shape index (κ1) is 15.8. The average molecular weight is 290 g/mol. The largest absolute Gasteiger partial charge is 0.492 e. The SMILES string of the molecule is NCCOc1ccc(NC(=O)CC2CCCCCC2)cc1. The summed E-state index contributed by atoms with van der Waals surface area (Å²) in [7, 11) is 0. The molecule has 21 heavy (non-hydrogen) atoms. The van der Waals surface area contributed by atoms with E-state index < -0.39 is 0 Å². The van der Waals surface area contributed by atoms with Gasteiger partial charge in [0.25, 0.3) is 0 Å². The van der Waals surface area contributed by atoms with Crippen LogP contribution in [-0.4, -0.2) is 19.1 Å². The highest BCUT2D eigenvalue weighted by molar-refractivity contribution is 5.90. The van der Waals surface area contributed by atoms with Gasteiger partial charge in [0.15, 0.2) is 0 Å². The van der Waals surface area contributed by atoms with E-state index in [9.17, 15) is 4.79 Å². The standard InChI is InChI=1S/C17H26N2O2/c18-11-12-21-16-9-7-15(8-10-16)19-17(20)13-14-5-3-1-2-4-6-14/h7-10,14H,1-6,11-13,18H2,(H,19,20). The Labute approximate surface area is 127 Å². The van der Waals surface area contributed by atoms with Gasteiger partial charge in [0.05, 0.1) is 0 Å². The Bertz CT molecular complexity index is 423. The third kappa shape index (κ3) is 5.76. The van der Waals surface area contributed by atoms with Crippen molar-refractivity contribution in [2.45, 2.75) is 44.9 Å². The average Bonchev–Trinajstić information content (AvgIpc) is 2.75. The Kier molecular flexibility index (Phi) is 6.54. The van der Waals surface area contributed by atoms with Gasteiger partial charge in [-0.1, -0.05) is 25.7 Å². The van der Waals surface area contributed by atoms with Crippen LogP contribution in [0.3, 0.4) is 0 Å². The van der Waals surface area contributed by atoms with E-state index in [0.717, 1.165) is 11.4 Å². The molecule has 0 aromatic heterocycles. The van der Waals surface area contributed by atoms with Gasteiger partial charge in [-0.15, -0.1) is 0 Å². The first-order chi connectivity index (χ1) is 10.3. The summed E-state index contributed by atoms with van der Waals surface area (Å²) in [5, 5.41) is 2.97. The lowest BCUT2D eigenvalue weighted by atomic mass is 9.96. The molecule has 3 N–H and O–H groups in total. The smallest absolute Gasteiger partial charge is 0.224 e. The number of hydrogen-bond acceptors (Lipinski definition) is 3. The molecule has 4 nitrogen and oxygen atoms in total. The lowest BCUT2D eigenvalue weighted by Gasteiger charge is -2.14. The summed E-state index contributed by atoms with van der Waals surface area (Å²) in [6.45, 7) is 1.01. The lowest BCUT2D eigenvalue weighted by molar-refractivity contribution is -0.117. The van der Waals surface area contributed by atoms with E-state index in [4.69, 9.17) is 10.5 Å². The molecule has 116 valence electrons. The molecule has 2 rings (SSSR count). The Balaban J connectivity index is 1.78. The Morgan fingerprint density at radius 3 is 2.43 bits per heavy atom. The van der Waals surface area contributed by atoms with Crippen molar-refractivity contribution in [3.05, 3.63) is 24.3 Å². The van der Waals surface area contributed by atoms with E-state index in [-0.39, 0.29) is 5.91 Å². The zero-order valence-corrected chi connectivity index (χ0v) is 12.6. The van der Waals surface area contributed by atoms with Crippen molar-refractivity contribution >= 4 is 11.6 Å². The Morgan fingerprint density at radius 2 is 1.81 bits per heavy atom. The van der Waals surface area contributed by atoms with Gasteiger partial charge in [-0.2, -0.15) is 0 Å². The molecule has 0 atom stereocenters. The molecule has 1 aromatic carbocycles. The highest BCUT2D eigenvalue weighted by Gasteiger charge is 2.16. The van der Waals surface area contributed by atoms with Gasteiger partial charge in [0, 0.05) is 18.7 Å². The zero-order chi connectivity index (χ0) is 14.9. The van der Waals surface area contributed by atoms with Gasteiger partial charge in [-0.05, 0) is 43.0 Å². The van der Waals surface area contributed by atoms with E-state index in [1.807, 2.05) is 24.3 Å². The molecule has 1 aromatic rings. The number of benzene rings is 1. The second kappa shape index (κ2) is 8.67. The van der Waals surface area contributed by atoms with Crippen LogP contribution in [0.5, 0.6) is 5.75 Å². The minimum absolute atomic E-state index is 0.123. The summed E-state index contributed by atoms with van der Waals surface area (Å²) in [6.07, 6.45) is 8.21. The van der Waals surface area contributed by atoms with Crippen LogP contribution in [0.15, 0.2) is 24.3 Å². The third-order valence-corrected chi connectivity index (χ3v) is 3.97. The summed E-state index contributed by atoms with van der Waals surface area (Å²) in [5.41, 5.74) is 6.22. The van der Waals surface area contributed by atoms with Crippen LogP contribution in [0.1, 0.15) is 44.9 Å². The zero-order valence-electron chi connectivity index (χ0n) is 12.6. The second-order valence-corrected chi connectivity index (χ2v) is 5.77. The molecule has 1 amide bonds. The predicted molar refractivity (Wildman–Crippen MR) is 85.4 cm³/mol. The van der Waals surface area contributed by atoms with Gasteiger partial charge in [-0.3, -0.25) is 4.79 Å². The first-order valence-corrected chi connectivity index (χ1v) is 8.00. The number of amides is 1. The molecule has 1 saturated carbocycles. The van der Waals surface area contributed by atoms with E-state index in [2.05, 4.69) is 5.32 Å². The molecule has 4 heteroatoms. The molecule has 0 unspecified atom stereocenters. The molecular formula is C17H26N2O2. The van der Waals surface area contributed by atoms with Gasteiger partial charge in [0.2, 0.25) is 5.91 Å². The highest BCUT2D eigenvalue weighted by Crippen LogP contribution is 2.26. The van der Waals surface area contributed by atoms with Crippen molar-refractivity contribution < 1.29 is 9.53 Å². The topological polar surface area (TPSA) is 64.3 Å². The van der Waals surface area contributed by atoms with Crippen LogP contribution >= 0.6 is 0 Å². The van der Waals surface area contributed by atoms with Crippen molar-refractivity contribution in [3.8, 4) is 5.75 Å². The van der Waals surface area contributed by atoms with Crippen molar-refractivity contribution in [1.29, 1.82) is 0 Å². The van der Waals surface area contributed by atoms with Crippen LogP contribution < -0.4 is 15.8 Å². The molecule has 1 aliphatic rings. The minimum Gasteiger partial charge on any atom is -0.492 e. The monoisotopic (exact) mass is 290 g/mol. The number of carbonyl (C=O) groups is 1. The van der Waals surface area contributed by atoms with E-state index in [1.165, 1.54) is 38.5 Å². The van der Waals surface area contributed by atoms with Crippen molar-refractivity contribution in [1.82, 2.24) is 0 Å². The van der Waals surface area contributed by atoms with Crippen LogP contribution in [0, 0.1) is 5.92 Å². The number of hydrogen-bond donors (Lipinski definition) is 2. The molecular weight excluding hydrogens is 264 g/mol.